The Labute approximate surface area is 163 Å². The third-order valence-electron chi connectivity index (χ3n) is 4.59. The molecule has 1 amide bonds. The van der Waals surface area contributed by atoms with Gasteiger partial charge in [-0.15, -0.1) is 0 Å². The topological polar surface area (TPSA) is 38.8 Å². The number of piperidine rings is 1. The van der Waals surface area contributed by atoms with E-state index in [1.54, 1.807) is 23.1 Å². The van der Waals surface area contributed by atoms with Crippen LogP contribution in [0.1, 0.15) is 28.8 Å². The summed E-state index contributed by atoms with van der Waals surface area (Å²) in [6.07, 6.45) is 3.50. The Morgan fingerprint density at radius 1 is 1.15 bits per heavy atom. The van der Waals surface area contributed by atoms with Crippen molar-refractivity contribution in [2.45, 2.75) is 12.8 Å². The minimum Gasteiger partial charge on any atom is -0.493 e. The van der Waals surface area contributed by atoms with Gasteiger partial charge in [-0.05, 0) is 42.7 Å². The molecule has 142 valence electrons. The maximum Gasteiger partial charge on any atom is 0.254 e. The lowest BCUT2D eigenvalue weighted by atomic mass is 10.00. The first-order chi connectivity index (χ1) is 13.0. The minimum absolute atomic E-state index is 0.0948. The SMILES string of the molecule is COc1cc(C(=O)N2CCC(=Cc3cccc(F)c3)CC2)cc(Cl)c1OC. The molecule has 6 heteroatoms. The van der Waals surface area contributed by atoms with Crippen LogP contribution in [-0.4, -0.2) is 38.1 Å². The van der Waals surface area contributed by atoms with Crippen molar-refractivity contribution in [2.75, 3.05) is 27.3 Å². The number of ether oxygens (including phenoxy) is 2. The predicted octanol–water partition coefficient (Wildman–Crippen LogP) is 4.82. The monoisotopic (exact) mass is 389 g/mol. The van der Waals surface area contributed by atoms with Gasteiger partial charge in [0.25, 0.3) is 5.91 Å². The van der Waals surface area contributed by atoms with E-state index in [0.717, 1.165) is 18.4 Å². The average Bonchev–Trinajstić information content (AvgIpc) is 2.67. The lowest BCUT2D eigenvalue weighted by Gasteiger charge is -2.29. The standard InChI is InChI=1S/C21H21ClFNO3/c1-26-19-13-16(12-18(22)20(19)27-2)21(25)24-8-6-14(7-9-24)10-15-4-3-5-17(23)11-15/h3-5,10-13H,6-9H2,1-2H3. The number of rotatable bonds is 4. The van der Waals surface area contributed by atoms with Crippen molar-refractivity contribution in [1.29, 1.82) is 0 Å². The van der Waals surface area contributed by atoms with Crippen LogP contribution in [0, 0.1) is 5.82 Å². The van der Waals surface area contributed by atoms with Crippen LogP contribution in [-0.2, 0) is 0 Å². The second kappa shape index (κ2) is 8.44. The second-order valence-electron chi connectivity index (χ2n) is 6.34. The molecule has 0 spiro atoms. The molecule has 0 aromatic heterocycles. The van der Waals surface area contributed by atoms with E-state index < -0.39 is 0 Å². The van der Waals surface area contributed by atoms with Gasteiger partial charge in [0.2, 0.25) is 0 Å². The zero-order valence-corrected chi connectivity index (χ0v) is 16.1. The Bertz CT molecular complexity index is 872. The molecule has 2 aromatic rings. The highest BCUT2D eigenvalue weighted by molar-refractivity contribution is 6.32. The number of amides is 1. The van der Waals surface area contributed by atoms with Crippen molar-refractivity contribution in [3.8, 4) is 11.5 Å². The fourth-order valence-corrected chi connectivity index (χ4v) is 3.49. The molecule has 2 aromatic carbocycles. The summed E-state index contributed by atoms with van der Waals surface area (Å²) >= 11 is 6.21. The van der Waals surface area contributed by atoms with Gasteiger partial charge in [-0.3, -0.25) is 4.79 Å². The van der Waals surface area contributed by atoms with E-state index in [9.17, 15) is 9.18 Å². The van der Waals surface area contributed by atoms with E-state index in [1.165, 1.54) is 31.9 Å². The molecule has 1 aliphatic heterocycles. The second-order valence-corrected chi connectivity index (χ2v) is 6.75. The minimum atomic E-state index is -0.248. The van der Waals surface area contributed by atoms with Gasteiger partial charge in [-0.1, -0.05) is 35.4 Å². The molecule has 0 atom stereocenters. The number of carbonyl (C=O) groups excluding carboxylic acids is 1. The van der Waals surface area contributed by atoms with Crippen molar-refractivity contribution in [3.63, 3.8) is 0 Å². The summed E-state index contributed by atoms with van der Waals surface area (Å²) in [5.74, 6) is 0.497. The third-order valence-corrected chi connectivity index (χ3v) is 4.87. The Morgan fingerprint density at radius 2 is 1.89 bits per heavy atom. The zero-order valence-electron chi connectivity index (χ0n) is 15.3. The molecule has 0 aliphatic carbocycles. The summed E-state index contributed by atoms with van der Waals surface area (Å²) in [7, 11) is 3.01. The van der Waals surface area contributed by atoms with Gasteiger partial charge >= 0.3 is 0 Å². The third kappa shape index (κ3) is 4.42. The molecule has 0 radical (unpaired) electrons. The van der Waals surface area contributed by atoms with Crippen molar-refractivity contribution < 1.29 is 18.7 Å². The lowest BCUT2D eigenvalue weighted by Crippen LogP contribution is -2.36. The maximum absolute atomic E-state index is 13.3. The first-order valence-electron chi connectivity index (χ1n) is 8.67. The molecule has 0 N–H and O–H groups in total. The lowest BCUT2D eigenvalue weighted by molar-refractivity contribution is 0.0743. The van der Waals surface area contributed by atoms with Crippen LogP contribution in [0.25, 0.3) is 6.08 Å². The molecule has 1 aliphatic rings. The molecule has 0 unspecified atom stereocenters. The highest BCUT2D eigenvalue weighted by Crippen LogP contribution is 2.36. The normalized spacial score (nSPS) is 14.1. The van der Waals surface area contributed by atoms with Crippen molar-refractivity contribution >= 4 is 23.6 Å². The molecular formula is C21H21ClFNO3. The number of benzene rings is 2. The number of hydrogen-bond acceptors (Lipinski definition) is 3. The number of likely N-dealkylation sites (tertiary alicyclic amines) is 1. The highest BCUT2D eigenvalue weighted by atomic mass is 35.5. The Balaban J connectivity index is 1.71. The van der Waals surface area contributed by atoms with Crippen LogP contribution in [0.15, 0.2) is 42.0 Å². The van der Waals surface area contributed by atoms with Gasteiger partial charge in [0.1, 0.15) is 5.82 Å². The van der Waals surface area contributed by atoms with Crippen LogP contribution < -0.4 is 9.47 Å². The molecule has 1 heterocycles. The molecule has 0 bridgehead atoms. The molecule has 4 nitrogen and oxygen atoms in total. The first kappa shape index (κ1) is 19.2. The maximum atomic E-state index is 13.3. The van der Waals surface area contributed by atoms with Crippen LogP contribution in [0.3, 0.4) is 0 Å². The van der Waals surface area contributed by atoms with E-state index in [4.69, 9.17) is 21.1 Å². The van der Waals surface area contributed by atoms with Gasteiger partial charge in [-0.25, -0.2) is 4.39 Å². The predicted molar refractivity (Wildman–Crippen MR) is 104 cm³/mol. The van der Waals surface area contributed by atoms with E-state index in [-0.39, 0.29) is 11.7 Å². The van der Waals surface area contributed by atoms with Crippen molar-refractivity contribution in [3.05, 3.63) is 63.9 Å². The number of carbonyl (C=O) groups is 1. The fourth-order valence-electron chi connectivity index (χ4n) is 3.20. The molecular weight excluding hydrogens is 369 g/mol. The van der Waals surface area contributed by atoms with Crippen LogP contribution in [0.2, 0.25) is 5.02 Å². The zero-order chi connectivity index (χ0) is 19.4. The summed E-state index contributed by atoms with van der Waals surface area (Å²) in [6, 6.07) is 9.75. The van der Waals surface area contributed by atoms with Crippen molar-refractivity contribution in [2.24, 2.45) is 0 Å². The fraction of sp³-hybridized carbons (Fsp3) is 0.286. The number of halogens is 2. The van der Waals surface area contributed by atoms with Crippen molar-refractivity contribution in [1.82, 2.24) is 4.90 Å². The smallest absolute Gasteiger partial charge is 0.254 e. The Hall–Kier alpha value is -2.53. The summed E-state index contributed by atoms with van der Waals surface area (Å²) in [6.45, 7) is 1.21. The number of methoxy groups -OCH3 is 2. The van der Waals surface area contributed by atoms with Gasteiger partial charge in [0.15, 0.2) is 11.5 Å². The van der Waals surface area contributed by atoms with E-state index in [2.05, 4.69) is 0 Å². The Morgan fingerprint density at radius 3 is 2.52 bits per heavy atom. The first-order valence-corrected chi connectivity index (χ1v) is 9.05. The molecule has 1 saturated heterocycles. The van der Waals surface area contributed by atoms with Gasteiger partial charge in [0.05, 0.1) is 19.2 Å². The van der Waals surface area contributed by atoms with Gasteiger partial charge in [0, 0.05) is 18.7 Å². The molecule has 3 rings (SSSR count). The molecule has 27 heavy (non-hydrogen) atoms. The number of hydrogen-bond donors (Lipinski definition) is 0. The number of nitrogens with zero attached hydrogens (tertiary/aromatic N) is 1. The van der Waals surface area contributed by atoms with Crippen LogP contribution in [0.4, 0.5) is 4.39 Å². The van der Waals surface area contributed by atoms with Crippen LogP contribution in [0.5, 0.6) is 11.5 Å². The highest BCUT2D eigenvalue weighted by Gasteiger charge is 2.23. The molecule has 1 fully saturated rings. The van der Waals surface area contributed by atoms with Gasteiger partial charge in [-0.2, -0.15) is 0 Å². The Kier molecular flexibility index (Phi) is 6.01. The van der Waals surface area contributed by atoms with E-state index in [0.29, 0.717) is 35.2 Å². The largest absolute Gasteiger partial charge is 0.493 e. The van der Waals surface area contributed by atoms with Gasteiger partial charge < -0.3 is 14.4 Å². The van der Waals surface area contributed by atoms with E-state index >= 15 is 0 Å². The summed E-state index contributed by atoms with van der Waals surface area (Å²) in [4.78, 5) is 14.6. The summed E-state index contributed by atoms with van der Waals surface area (Å²) in [5.41, 5.74) is 2.52. The van der Waals surface area contributed by atoms with Crippen LogP contribution >= 0.6 is 11.6 Å². The summed E-state index contributed by atoms with van der Waals surface area (Å²) < 4.78 is 23.8. The quantitative estimate of drug-likeness (QED) is 0.752. The average molecular weight is 390 g/mol. The van der Waals surface area contributed by atoms with E-state index in [1.807, 2.05) is 12.1 Å². The summed E-state index contributed by atoms with van der Waals surface area (Å²) in [5, 5.41) is 0.337. The molecule has 0 saturated carbocycles.